The Hall–Kier alpha value is -4.51. The van der Waals surface area contributed by atoms with E-state index < -0.39 is 17.8 Å². The molecule has 0 spiro atoms. The number of hydrogen-bond acceptors (Lipinski definition) is 3. The summed E-state index contributed by atoms with van der Waals surface area (Å²) in [5.74, 6) is -1.27. The van der Waals surface area contributed by atoms with Crippen molar-refractivity contribution in [2.75, 3.05) is 9.80 Å². The van der Waals surface area contributed by atoms with Crippen LogP contribution in [0, 0.1) is 13.8 Å². The SMILES string of the molecule is Cc1ccccc1N1C(=O)C(=Cc2cccc3ccccc23)C(=O)N(c2ccccc2C)C1=O. The number of urea groups is 1. The van der Waals surface area contributed by atoms with Crippen LogP contribution in [0.1, 0.15) is 16.7 Å². The Morgan fingerprint density at radius 2 is 1.09 bits per heavy atom. The number of barbiturate groups is 1. The normalized spacial score (nSPS) is 14.2. The van der Waals surface area contributed by atoms with Gasteiger partial charge in [-0.15, -0.1) is 0 Å². The molecule has 0 atom stereocenters. The van der Waals surface area contributed by atoms with E-state index in [9.17, 15) is 14.4 Å². The maximum atomic E-state index is 13.7. The average Bonchev–Trinajstić information content (AvgIpc) is 2.84. The highest BCUT2D eigenvalue weighted by atomic mass is 16.2. The van der Waals surface area contributed by atoms with Crippen LogP contribution >= 0.6 is 0 Å². The van der Waals surface area contributed by atoms with Gasteiger partial charge in [0.05, 0.1) is 11.4 Å². The first-order chi connectivity index (χ1) is 16.5. The van der Waals surface area contributed by atoms with E-state index in [1.807, 2.05) is 80.6 Å². The fraction of sp³-hybridized carbons (Fsp3) is 0.0690. The zero-order chi connectivity index (χ0) is 23.8. The van der Waals surface area contributed by atoms with Crippen LogP contribution < -0.4 is 9.80 Å². The van der Waals surface area contributed by atoms with Crippen molar-refractivity contribution >= 4 is 46.1 Å². The van der Waals surface area contributed by atoms with Gasteiger partial charge >= 0.3 is 6.03 Å². The largest absolute Gasteiger partial charge is 0.343 e. The molecule has 1 heterocycles. The molecular formula is C29H22N2O3. The maximum absolute atomic E-state index is 13.7. The molecule has 0 saturated carbocycles. The number of carbonyl (C=O) groups excluding carboxylic acids is 3. The topological polar surface area (TPSA) is 57.7 Å². The van der Waals surface area contributed by atoms with Gasteiger partial charge in [0.1, 0.15) is 5.57 Å². The number of para-hydroxylation sites is 2. The lowest BCUT2D eigenvalue weighted by atomic mass is 9.99. The van der Waals surface area contributed by atoms with E-state index in [0.717, 1.165) is 37.3 Å². The Balaban J connectivity index is 1.74. The van der Waals surface area contributed by atoms with Crippen LogP contribution in [0.25, 0.3) is 16.8 Å². The summed E-state index contributed by atoms with van der Waals surface area (Å²) in [6, 6.07) is 27.1. The number of hydrogen-bond donors (Lipinski definition) is 0. The molecule has 0 aliphatic carbocycles. The standard InChI is InChI=1S/C29H22N2O3/c1-19-10-3-7-16-25(19)30-27(32)24(18-22-14-9-13-21-12-5-6-15-23(21)22)28(33)31(29(30)34)26-17-8-4-11-20(26)2/h3-18H,1-2H3. The molecule has 34 heavy (non-hydrogen) atoms. The Morgan fingerprint density at radius 1 is 0.588 bits per heavy atom. The highest BCUT2D eigenvalue weighted by molar-refractivity contribution is 6.46. The molecule has 0 radical (unpaired) electrons. The third-order valence-corrected chi connectivity index (χ3v) is 6.09. The second-order valence-corrected chi connectivity index (χ2v) is 8.26. The predicted molar refractivity (Wildman–Crippen MR) is 135 cm³/mol. The monoisotopic (exact) mass is 446 g/mol. The van der Waals surface area contributed by atoms with Crippen LogP contribution in [-0.4, -0.2) is 17.8 Å². The van der Waals surface area contributed by atoms with Gasteiger partial charge in [-0.3, -0.25) is 9.59 Å². The van der Waals surface area contributed by atoms with Crippen LogP contribution in [0.2, 0.25) is 0 Å². The Labute approximate surface area is 197 Å². The van der Waals surface area contributed by atoms with E-state index in [1.165, 1.54) is 0 Å². The summed E-state index contributed by atoms with van der Waals surface area (Å²) in [5, 5.41) is 1.91. The molecule has 1 aliphatic rings. The molecule has 1 fully saturated rings. The molecular weight excluding hydrogens is 424 g/mol. The summed E-state index contributed by atoms with van der Waals surface area (Å²) in [7, 11) is 0. The van der Waals surface area contributed by atoms with E-state index in [4.69, 9.17) is 0 Å². The van der Waals surface area contributed by atoms with Gasteiger partial charge in [0, 0.05) is 0 Å². The van der Waals surface area contributed by atoms with Gasteiger partial charge < -0.3 is 0 Å². The zero-order valence-corrected chi connectivity index (χ0v) is 18.9. The second kappa shape index (κ2) is 8.45. The van der Waals surface area contributed by atoms with Crippen molar-refractivity contribution in [3.63, 3.8) is 0 Å². The van der Waals surface area contributed by atoms with E-state index in [1.54, 1.807) is 30.3 Å². The van der Waals surface area contributed by atoms with Crippen molar-refractivity contribution in [3.8, 4) is 0 Å². The predicted octanol–water partition coefficient (Wildman–Crippen LogP) is 6.04. The number of nitrogens with zero attached hydrogens (tertiary/aromatic N) is 2. The first kappa shape index (κ1) is 21.3. The molecule has 4 aromatic rings. The van der Waals surface area contributed by atoms with E-state index in [-0.39, 0.29) is 5.57 Å². The minimum absolute atomic E-state index is 0.0672. The van der Waals surface area contributed by atoms with Gasteiger partial charge in [0.15, 0.2) is 0 Å². The second-order valence-electron chi connectivity index (χ2n) is 8.26. The fourth-order valence-corrected chi connectivity index (χ4v) is 4.31. The van der Waals surface area contributed by atoms with Crippen molar-refractivity contribution < 1.29 is 14.4 Å². The van der Waals surface area contributed by atoms with Gasteiger partial charge in [-0.25, -0.2) is 14.6 Å². The van der Waals surface area contributed by atoms with E-state index in [2.05, 4.69) is 0 Å². The van der Waals surface area contributed by atoms with E-state index in [0.29, 0.717) is 11.4 Å². The van der Waals surface area contributed by atoms with E-state index >= 15 is 0 Å². The van der Waals surface area contributed by atoms with Crippen LogP contribution in [0.3, 0.4) is 0 Å². The third-order valence-electron chi connectivity index (χ3n) is 6.09. The third kappa shape index (κ3) is 3.48. The summed E-state index contributed by atoms with van der Waals surface area (Å²) in [6.45, 7) is 3.66. The first-order valence-electron chi connectivity index (χ1n) is 11.0. The number of fused-ring (bicyclic) bond motifs is 1. The molecule has 1 saturated heterocycles. The van der Waals surface area contributed by atoms with Crippen LogP contribution in [0.5, 0.6) is 0 Å². The van der Waals surface area contributed by atoms with Crippen molar-refractivity contribution in [1.82, 2.24) is 0 Å². The number of amides is 4. The average molecular weight is 447 g/mol. The number of aryl methyl sites for hydroxylation is 2. The van der Waals surface area contributed by atoms with Gasteiger partial charge in [0.25, 0.3) is 11.8 Å². The Bertz CT molecular complexity index is 1430. The van der Waals surface area contributed by atoms with Gasteiger partial charge in [0.2, 0.25) is 0 Å². The lowest BCUT2D eigenvalue weighted by molar-refractivity contribution is -0.121. The summed E-state index contributed by atoms with van der Waals surface area (Å²) in [6.07, 6.45) is 1.59. The highest BCUT2D eigenvalue weighted by Crippen LogP contribution is 2.33. The van der Waals surface area contributed by atoms with Gasteiger partial charge in [-0.05, 0) is 59.5 Å². The summed E-state index contributed by atoms with van der Waals surface area (Å²) < 4.78 is 0. The molecule has 5 rings (SSSR count). The number of rotatable bonds is 3. The Kier molecular flexibility index (Phi) is 5.30. The van der Waals surface area contributed by atoms with Crippen LogP contribution in [-0.2, 0) is 9.59 Å². The number of anilines is 2. The number of carbonyl (C=O) groups is 3. The zero-order valence-electron chi connectivity index (χ0n) is 18.9. The highest BCUT2D eigenvalue weighted by Gasteiger charge is 2.44. The summed E-state index contributed by atoms with van der Waals surface area (Å²) >= 11 is 0. The quantitative estimate of drug-likeness (QED) is 0.285. The minimum Gasteiger partial charge on any atom is -0.268 e. The van der Waals surface area contributed by atoms with Crippen molar-refractivity contribution in [2.24, 2.45) is 0 Å². The lowest BCUT2D eigenvalue weighted by Gasteiger charge is -2.35. The fourth-order valence-electron chi connectivity index (χ4n) is 4.31. The molecule has 1 aliphatic heterocycles. The lowest BCUT2D eigenvalue weighted by Crippen LogP contribution is -2.57. The van der Waals surface area contributed by atoms with Crippen LogP contribution in [0.4, 0.5) is 16.2 Å². The molecule has 0 bridgehead atoms. The van der Waals surface area contributed by atoms with Gasteiger partial charge in [-0.1, -0.05) is 78.9 Å². The first-order valence-corrected chi connectivity index (χ1v) is 11.0. The molecule has 0 unspecified atom stereocenters. The maximum Gasteiger partial charge on any atom is 0.343 e. The summed E-state index contributed by atoms with van der Waals surface area (Å²) in [5.41, 5.74) is 3.08. The minimum atomic E-state index is -0.686. The van der Waals surface area contributed by atoms with Gasteiger partial charge in [-0.2, -0.15) is 0 Å². The summed E-state index contributed by atoms with van der Waals surface area (Å²) in [4.78, 5) is 43.2. The van der Waals surface area contributed by atoms with Crippen molar-refractivity contribution in [2.45, 2.75) is 13.8 Å². The smallest absolute Gasteiger partial charge is 0.268 e. The molecule has 4 aromatic carbocycles. The Morgan fingerprint density at radius 3 is 1.68 bits per heavy atom. The molecule has 0 aromatic heterocycles. The number of imide groups is 2. The molecule has 5 heteroatoms. The van der Waals surface area contributed by atoms with Crippen molar-refractivity contribution in [1.29, 1.82) is 0 Å². The molecule has 5 nitrogen and oxygen atoms in total. The van der Waals surface area contributed by atoms with Crippen LogP contribution in [0.15, 0.2) is 96.6 Å². The molecule has 166 valence electrons. The van der Waals surface area contributed by atoms with Crippen molar-refractivity contribution in [3.05, 3.63) is 113 Å². The molecule has 0 N–H and O–H groups in total. The molecule has 4 amide bonds. The number of benzene rings is 4.